The normalized spacial score (nSPS) is 12.3. The molecule has 1 unspecified atom stereocenters. The van der Waals surface area contributed by atoms with Crippen molar-refractivity contribution in [1.29, 1.82) is 0 Å². The number of aliphatic hydroxyl groups excluding tert-OH is 1. The van der Waals surface area contributed by atoms with Gasteiger partial charge >= 0.3 is 0 Å². The first-order valence-electron chi connectivity index (χ1n) is 5.37. The standard InChI is InChI=1S/C10H10N4O4S2/c1-4(15)6-2-5(14(17)18)9(19-6)20-10-12-7(11)3-8(16)13-10/h2-4,15H,1H3,(H3,11,12,13,16). The highest BCUT2D eigenvalue weighted by atomic mass is 32.2. The van der Waals surface area contributed by atoms with Crippen LogP contribution in [0.15, 0.2) is 26.3 Å². The van der Waals surface area contributed by atoms with E-state index in [1.165, 1.54) is 13.0 Å². The van der Waals surface area contributed by atoms with Gasteiger partial charge in [0, 0.05) is 17.0 Å². The Balaban J connectivity index is 2.41. The maximum absolute atomic E-state index is 11.3. The molecule has 0 amide bonds. The van der Waals surface area contributed by atoms with Gasteiger partial charge in [0.05, 0.1) is 11.0 Å². The largest absolute Gasteiger partial charge is 0.388 e. The van der Waals surface area contributed by atoms with Gasteiger partial charge < -0.3 is 15.8 Å². The van der Waals surface area contributed by atoms with Crippen LogP contribution in [0.4, 0.5) is 11.5 Å². The van der Waals surface area contributed by atoms with Gasteiger partial charge in [-0.1, -0.05) is 0 Å². The van der Waals surface area contributed by atoms with E-state index in [4.69, 9.17) is 5.73 Å². The Morgan fingerprint density at radius 3 is 2.85 bits per heavy atom. The summed E-state index contributed by atoms with van der Waals surface area (Å²) in [5.41, 5.74) is 4.88. The van der Waals surface area contributed by atoms with Crippen LogP contribution in [-0.4, -0.2) is 20.0 Å². The summed E-state index contributed by atoms with van der Waals surface area (Å²) >= 11 is 2.00. The Kier molecular flexibility index (Phi) is 4.06. The number of aromatic amines is 1. The van der Waals surface area contributed by atoms with E-state index >= 15 is 0 Å². The average molecular weight is 314 g/mol. The second-order valence-corrected chi connectivity index (χ2v) is 6.17. The second kappa shape index (κ2) is 5.61. The summed E-state index contributed by atoms with van der Waals surface area (Å²) in [4.78, 5) is 28.5. The molecular formula is C10H10N4O4S2. The molecule has 0 aliphatic heterocycles. The van der Waals surface area contributed by atoms with Crippen LogP contribution < -0.4 is 11.3 Å². The summed E-state index contributed by atoms with van der Waals surface area (Å²) in [6, 6.07) is 2.43. The smallest absolute Gasteiger partial charge is 0.294 e. The predicted molar refractivity (Wildman–Crippen MR) is 75.0 cm³/mol. The van der Waals surface area contributed by atoms with Gasteiger partial charge in [-0.05, 0) is 18.7 Å². The van der Waals surface area contributed by atoms with E-state index in [2.05, 4.69) is 9.97 Å². The molecule has 2 aromatic heterocycles. The van der Waals surface area contributed by atoms with Crippen molar-refractivity contribution in [1.82, 2.24) is 9.97 Å². The molecule has 2 aromatic rings. The van der Waals surface area contributed by atoms with E-state index in [0.717, 1.165) is 29.2 Å². The van der Waals surface area contributed by atoms with Crippen molar-refractivity contribution in [2.75, 3.05) is 5.73 Å². The topological polar surface area (TPSA) is 135 Å². The Bertz CT molecular complexity index is 710. The monoisotopic (exact) mass is 314 g/mol. The van der Waals surface area contributed by atoms with Crippen LogP contribution in [0.1, 0.15) is 17.9 Å². The van der Waals surface area contributed by atoms with Crippen LogP contribution in [0.3, 0.4) is 0 Å². The number of nitrogens with two attached hydrogens (primary N) is 1. The highest BCUT2D eigenvalue weighted by Gasteiger charge is 2.22. The van der Waals surface area contributed by atoms with Crippen LogP contribution in [0.25, 0.3) is 0 Å². The lowest BCUT2D eigenvalue weighted by atomic mass is 10.3. The molecular weight excluding hydrogens is 304 g/mol. The van der Waals surface area contributed by atoms with Crippen molar-refractivity contribution in [3.05, 3.63) is 37.5 Å². The molecule has 0 bridgehead atoms. The van der Waals surface area contributed by atoms with Crippen molar-refractivity contribution in [2.45, 2.75) is 22.4 Å². The highest BCUT2D eigenvalue weighted by molar-refractivity contribution is 8.01. The third kappa shape index (κ3) is 3.15. The molecule has 1 atom stereocenters. The molecule has 0 radical (unpaired) electrons. The summed E-state index contributed by atoms with van der Waals surface area (Å²) in [5, 5.41) is 20.6. The number of rotatable bonds is 4. The molecule has 106 valence electrons. The van der Waals surface area contributed by atoms with E-state index < -0.39 is 16.6 Å². The maximum Gasteiger partial charge on any atom is 0.294 e. The van der Waals surface area contributed by atoms with Gasteiger partial charge in [0.15, 0.2) is 5.16 Å². The Morgan fingerprint density at radius 1 is 1.60 bits per heavy atom. The Labute approximate surface area is 120 Å². The Morgan fingerprint density at radius 2 is 2.30 bits per heavy atom. The van der Waals surface area contributed by atoms with Gasteiger partial charge in [-0.3, -0.25) is 14.9 Å². The van der Waals surface area contributed by atoms with Gasteiger partial charge in [-0.25, -0.2) is 4.98 Å². The van der Waals surface area contributed by atoms with E-state index in [1.54, 1.807) is 0 Å². The van der Waals surface area contributed by atoms with E-state index in [9.17, 15) is 20.0 Å². The lowest BCUT2D eigenvalue weighted by molar-refractivity contribution is -0.387. The van der Waals surface area contributed by atoms with Crippen LogP contribution in [0.5, 0.6) is 0 Å². The van der Waals surface area contributed by atoms with E-state index in [1.807, 2.05) is 0 Å². The number of nitro groups is 1. The molecule has 0 spiro atoms. The molecule has 0 saturated heterocycles. The first kappa shape index (κ1) is 14.5. The SMILES string of the molecule is CC(O)c1cc([N+](=O)[O-])c(Sc2nc(N)cc(=O)[nH]2)s1. The molecule has 0 aromatic carbocycles. The zero-order valence-corrected chi connectivity index (χ0v) is 11.8. The van der Waals surface area contributed by atoms with Gasteiger partial charge in [0.25, 0.3) is 11.2 Å². The van der Waals surface area contributed by atoms with Crippen LogP contribution in [0, 0.1) is 10.1 Å². The number of anilines is 1. The van der Waals surface area contributed by atoms with Crippen LogP contribution in [-0.2, 0) is 0 Å². The number of nitrogen functional groups attached to an aromatic ring is 1. The summed E-state index contributed by atoms with van der Waals surface area (Å²) in [7, 11) is 0. The van der Waals surface area contributed by atoms with Crippen LogP contribution >= 0.6 is 23.1 Å². The fraction of sp³-hybridized carbons (Fsp3) is 0.200. The van der Waals surface area contributed by atoms with Crippen molar-refractivity contribution in [3.8, 4) is 0 Å². The third-order valence-corrected chi connectivity index (χ3v) is 4.61. The molecule has 0 fully saturated rings. The minimum absolute atomic E-state index is 0.0335. The first-order chi connectivity index (χ1) is 9.36. The number of H-pyrrole nitrogens is 1. The molecule has 2 rings (SSSR count). The number of hydrogen-bond acceptors (Lipinski definition) is 8. The molecule has 0 saturated carbocycles. The molecule has 2 heterocycles. The van der Waals surface area contributed by atoms with Gasteiger partial charge in [-0.15, -0.1) is 11.3 Å². The van der Waals surface area contributed by atoms with Crippen molar-refractivity contribution < 1.29 is 10.0 Å². The second-order valence-electron chi connectivity index (χ2n) is 3.83. The van der Waals surface area contributed by atoms with Gasteiger partial charge in [-0.2, -0.15) is 0 Å². The summed E-state index contributed by atoms with van der Waals surface area (Å²) in [6.45, 7) is 1.52. The fourth-order valence-electron chi connectivity index (χ4n) is 1.38. The molecule has 0 aliphatic rings. The van der Waals surface area contributed by atoms with Gasteiger partial charge in [0.2, 0.25) is 0 Å². The lowest BCUT2D eigenvalue weighted by Gasteiger charge is -1.99. The molecule has 0 aliphatic carbocycles. The molecule has 8 nitrogen and oxygen atoms in total. The van der Waals surface area contributed by atoms with Crippen molar-refractivity contribution in [3.63, 3.8) is 0 Å². The van der Waals surface area contributed by atoms with Gasteiger partial charge in [0.1, 0.15) is 10.0 Å². The number of hydrogen-bond donors (Lipinski definition) is 3. The average Bonchev–Trinajstić information content (AvgIpc) is 2.71. The fourth-order valence-corrected chi connectivity index (χ4v) is 3.58. The number of nitrogens with one attached hydrogen (secondary N) is 1. The molecule has 20 heavy (non-hydrogen) atoms. The summed E-state index contributed by atoms with van der Waals surface area (Å²) < 4.78 is 0.319. The zero-order chi connectivity index (χ0) is 14.9. The van der Waals surface area contributed by atoms with Crippen molar-refractivity contribution in [2.24, 2.45) is 0 Å². The minimum atomic E-state index is -0.805. The van der Waals surface area contributed by atoms with E-state index in [0.29, 0.717) is 9.09 Å². The molecule has 4 N–H and O–H groups in total. The lowest BCUT2D eigenvalue weighted by Crippen LogP contribution is -2.09. The Hall–Kier alpha value is -1.91. The van der Waals surface area contributed by atoms with Crippen LogP contribution in [0.2, 0.25) is 0 Å². The zero-order valence-electron chi connectivity index (χ0n) is 10.2. The molecule has 10 heteroatoms. The summed E-state index contributed by atoms with van der Waals surface area (Å²) in [5.74, 6) is 0.0335. The first-order valence-corrected chi connectivity index (χ1v) is 7.01. The third-order valence-electron chi connectivity index (χ3n) is 2.24. The van der Waals surface area contributed by atoms with E-state index in [-0.39, 0.29) is 16.7 Å². The maximum atomic E-state index is 11.3. The number of nitrogens with zero attached hydrogens (tertiary/aromatic N) is 2. The highest BCUT2D eigenvalue weighted by Crippen LogP contribution is 2.41. The number of thiophene rings is 1. The predicted octanol–water partition coefficient (Wildman–Crippen LogP) is 1.53. The number of aromatic nitrogens is 2. The summed E-state index contributed by atoms with van der Waals surface area (Å²) in [6.07, 6.45) is -0.805. The number of aliphatic hydroxyl groups is 1. The quantitative estimate of drug-likeness (QED) is 0.442. The van der Waals surface area contributed by atoms with Crippen molar-refractivity contribution >= 4 is 34.6 Å². The minimum Gasteiger partial charge on any atom is -0.388 e.